The normalized spacial score (nSPS) is 12.0. The van der Waals surface area contributed by atoms with Crippen LogP contribution in [-0.2, 0) is 0 Å². The van der Waals surface area contributed by atoms with E-state index in [0.717, 1.165) is 99.9 Å². The Kier molecular flexibility index (Phi) is 8.33. The second kappa shape index (κ2) is 15.1. The van der Waals surface area contributed by atoms with Crippen LogP contribution in [-0.4, -0.2) is 4.57 Å². The smallest absolute Gasteiger partial charge is 0.159 e. The van der Waals surface area contributed by atoms with E-state index in [1.165, 1.54) is 43.1 Å². The van der Waals surface area contributed by atoms with Crippen molar-refractivity contribution in [2.24, 2.45) is 0 Å². The molecule has 0 aliphatic carbocycles. The van der Waals surface area contributed by atoms with Crippen LogP contribution in [0.3, 0.4) is 0 Å². The summed E-state index contributed by atoms with van der Waals surface area (Å²) in [6, 6.07) is 87.5. The summed E-state index contributed by atoms with van der Waals surface area (Å²) in [6.45, 7) is 0. The van der Waals surface area contributed by atoms with Crippen molar-refractivity contribution < 1.29 is 8.83 Å². The fourth-order valence-electron chi connectivity index (χ4n) is 11.4. The molecule has 0 radical (unpaired) electrons. The van der Waals surface area contributed by atoms with Crippen LogP contribution < -0.4 is 4.90 Å². The third-order valence-electron chi connectivity index (χ3n) is 14.6. The zero-order valence-corrected chi connectivity index (χ0v) is 37.8. The van der Waals surface area contributed by atoms with Crippen molar-refractivity contribution in [1.82, 2.24) is 4.57 Å². The third kappa shape index (κ3) is 5.77. The second-order valence-electron chi connectivity index (χ2n) is 18.4. The Bertz CT molecular complexity index is 4560. The van der Waals surface area contributed by atoms with Gasteiger partial charge in [0, 0.05) is 54.9 Å². The Labute approximate surface area is 402 Å². The van der Waals surface area contributed by atoms with E-state index in [9.17, 15) is 0 Å². The maximum absolute atomic E-state index is 6.60. The van der Waals surface area contributed by atoms with E-state index in [2.05, 4.69) is 234 Å². The number of rotatable bonds is 6. The summed E-state index contributed by atoms with van der Waals surface area (Å²) in [5.41, 5.74) is 14.5. The van der Waals surface area contributed by atoms with Crippen LogP contribution in [0.15, 0.2) is 251 Å². The highest BCUT2D eigenvalue weighted by molar-refractivity contribution is 6.26. The highest BCUT2D eigenvalue weighted by atomic mass is 16.3. The minimum absolute atomic E-state index is 0.863. The molecule has 70 heavy (non-hydrogen) atoms. The lowest BCUT2D eigenvalue weighted by Gasteiger charge is -2.25. The van der Waals surface area contributed by atoms with Crippen molar-refractivity contribution >= 4 is 115 Å². The minimum atomic E-state index is 0.863. The van der Waals surface area contributed by atoms with E-state index < -0.39 is 0 Å². The summed E-state index contributed by atoms with van der Waals surface area (Å²) >= 11 is 0. The lowest BCUT2D eigenvalue weighted by molar-refractivity contribution is 0.669. The molecule has 0 amide bonds. The summed E-state index contributed by atoms with van der Waals surface area (Å²) in [4.78, 5) is 2.30. The van der Waals surface area contributed by atoms with Crippen molar-refractivity contribution in [3.8, 4) is 27.9 Å². The quantitative estimate of drug-likeness (QED) is 0.156. The summed E-state index contributed by atoms with van der Waals surface area (Å²) in [5, 5.41) is 14.4. The van der Waals surface area contributed by atoms with Crippen LogP contribution in [0.5, 0.6) is 0 Å². The van der Waals surface area contributed by atoms with Gasteiger partial charge in [-0.05, 0) is 128 Å². The molecule has 4 heteroatoms. The number of hydrogen-bond donors (Lipinski definition) is 0. The van der Waals surface area contributed by atoms with Crippen molar-refractivity contribution in [1.29, 1.82) is 0 Å². The fraction of sp³-hybridized carbons (Fsp3) is 0. The Hall–Kier alpha value is -9.38. The van der Waals surface area contributed by atoms with E-state index in [1.807, 2.05) is 18.2 Å². The van der Waals surface area contributed by atoms with Gasteiger partial charge in [-0.1, -0.05) is 164 Å². The van der Waals surface area contributed by atoms with E-state index in [-0.39, 0.29) is 0 Å². The summed E-state index contributed by atoms with van der Waals surface area (Å²) in [7, 11) is 0. The topological polar surface area (TPSA) is 34.5 Å². The number of aromatic nitrogens is 1. The SMILES string of the molecule is c1ccc(N(c2ccc(-c3ccc4c(c3)c3cc(-c5cccc6c5oc5ccccc56)ccc3n4-c3ccc4c5ccccc5c5ccccc5c4c3)cc2)c2cccc3c2oc2ccccc23)cc1. The van der Waals surface area contributed by atoms with Crippen LogP contribution in [0.4, 0.5) is 17.1 Å². The first-order valence-corrected chi connectivity index (χ1v) is 23.9. The summed E-state index contributed by atoms with van der Waals surface area (Å²) in [6.07, 6.45) is 0. The Morgan fingerprint density at radius 1 is 0.286 bits per heavy atom. The molecule has 0 atom stereocenters. The van der Waals surface area contributed by atoms with E-state index in [4.69, 9.17) is 8.83 Å². The maximum atomic E-state index is 6.60. The molecule has 15 rings (SSSR count). The fourth-order valence-corrected chi connectivity index (χ4v) is 11.4. The predicted octanol–water partition coefficient (Wildman–Crippen LogP) is 18.8. The van der Waals surface area contributed by atoms with Gasteiger partial charge in [-0.25, -0.2) is 0 Å². The minimum Gasteiger partial charge on any atom is -0.455 e. The Balaban J connectivity index is 0.916. The molecular formula is C66H40N2O2. The summed E-state index contributed by atoms with van der Waals surface area (Å²) < 4.78 is 15.6. The van der Waals surface area contributed by atoms with Crippen LogP contribution in [0, 0.1) is 0 Å². The Morgan fingerprint density at radius 3 is 1.44 bits per heavy atom. The molecule has 0 spiro atoms. The number of fused-ring (bicyclic) bond motifs is 15. The van der Waals surface area contributed by atoms with E-state index in [0.29, 0.717) is 0 Å². The van der Waals surface area contributed by atoms with Gasteiger partial charge in [-0.3, -0.25) is 0 Å². The van der Waals surface area contributed by atoms with Crippen LogP contribution >= 0.6 is 0 Å². The lowest BCUT2D eigenvalue weighted by atomic mass is 9.94. The van der Waals surface area contributed by atoms with Gasteiger partial charge in [-0.2, -0.15) is 0 Å². The molecule has 15 aromatic rings. The molecule has 0 bridgehead atoms. The highest BCUT2D eigenvalue weighted by Gasteiger charge is 2.21. The number of hydrogen-bond acceptors (Lipinski definition) is 3. The highest BCUT2D eigenvalue weighted by Crippen LogP contribution is 2.45. The molecule has 4 nitrogen and oxygen atoms in total. The first kappa shape index (κ1) is 38.7. The number of benzene rings is 12. The van der Waals surface area contributed by atoms with Crippen LogP contribution in [0.1, 0.15) is 0 Å². The average molecular weight is 893 g/mol. The molecule has 326 valence electrons. The second-order valence-corrected chi connectivity index (χ2v) is 18.4. The van der Waals surface area contributed by atoms with Gasteiger partial charge in [0.1, 0.15) is 16.7 Å². The number of nitrogens with zero attached hydrogens (tertiary/aromatic N) is 2. The van der Waals surface area contributed by atoms with Crippen molar-refractivity contribution in [3.63, 3.8) is 0 Å². The molecule has 0 aliphatic rings. The van der Waals surface area contributed by atoms with Crippen molar-refractivity contribution in [3.05, 3.63) is 243 Å². The molecule has 3 aromatic heterocycles. The lowest BCUT2D eigenvalue weighted by Crippen LogP contribution is -2.10. The molecule has 0 N–H and O–H groups in total. The van der Waals surface area contributed by atoms with E-state index >= 15 is 0 Å². The molecular weight excluding hydrogens is 853 g/mol. The van der Waals surface area contributed by atoms with Crippen LogP contribution in [0.2, 0.25) is 0 Å². The van der Waals surface area contributed by atoms with Crippen molar-refractivity contribution in [2.75, 3.05) is 4.90 Å². The van der Waals surface area contributed by atoms with Gasteiger partial charge in [-0.15, -0.1) is 0 Å². The molecule has 0 saturated carbocycles. The standard InChI is InChI=1S/C66H40N2O2/c1-2-14-44(15-3-1)67(62-25-13-24-56-54-21-9-11-27-64(54)70-66(56)62)45-32-28-41(29-33-45)42-30-36-60-58(38-42)59-39-43(47-22-12-23-55-53-20-8-10-26-63(53)69-65(47)55)31-37-61(59)68(60)46-34-35-52-50-18-5-4-16-48(50)49-17-6-7-19-51(49)57(52)40-46/h1-40H. The Morgan fingerprint density at radius 2 is 0.771 bits per heavy atom. The molecule has 0 unspecified atom stereocenters. The molecule has 0 aliphatic heterocycles. The van der Waals surface area contributed by atoms with Crippen molar-refractivity contribution in [2.45, 2.75) is 0 Å². The number of furan rings is 2. The predicted molar refractivity (Wildman–Crippen MR) is 293 cm³/mol. The van der Waals surface area contributed by atoms with Gasteiger partial charge in [0.25, 0.3) is 0 Å². The molecule has 12 aromatic carbocycles. The van der Waals surface area contributed by atoms with Gasteiger partial charge in [0.2, 0.25) is 0 Å². The third-order valence-corrected chi connectivity index (χ3v) is 14.6. The number of para-hydroxylation sites is 5. The first-order valence-electron chi connectivity index (χ1n) is 23.9. The van der Waals surface area contributed by atoms with E-state index in [1.54, 1.807) is 0 Å². The molecule has 3 heterocycles. The van der Waals surface area contributed by atoms with Gasteiger partial charge in [0.15, 0.2) is 5.58 Å². The van der Waals surface area contributed by atoms with Crippen LogP contribution in [0.25, 0.3) is 126 Å². The first-order chi connectivity index (χ1) is 34.7. The zero-order chi connectivity index (χ0) is 45.9. The molecule has 0 fully saturated rings. The largest absolute Gasteiger partial charge is 0.455 e. The average Bonchev–Trinajstić information content (AvgIpc) is 4.11. The van der Waals surface area contributed by atoms with Gasteiger partial charge in [0.05, 0.1) is 16.7 Å². The van der Waals surface area contributed by atoms with Gasteiger partial charge >= 0.3 is 0 Å². The van der Waals surface area contributed by atoms with Gasteiger partial charge < -0.3 is 18.3 Å². The maximum Gasteiger partial charge on any atom is 0.159 e. The molecule has 0 saturated heterocycles. The number of anilines is 3. The summed E-state index contributed by atoms with van der Waals surface area (Å²) in [5.74, 6) is 0. The monoisotopic (exact) mass is 892 g/mol. The zero-order valence-electron chi connectivity index (χ0n) is 37.8.